The van der Waals surface area contributed by atoms with Gasteiger partial charge in [0.2, 0.25) is 0 Å². The molecule has 0 aliphatic rings. The number of rotatable bonds is 5. The van der Waals surface area contributed by atoms with E-state index in [0.717, 1.165) is 63.7 Å². The minimum absolute atomic E-state index is 0. The fourth-order valence-electron chi connectivity index (χ4n) is 7.70. The molecule has 0 aliphatic carbocycles. The van der Waals surface area contributed by atoms with E-state index in [0.29, 0.717) is 0 Å². The molecule has 3 nitrogen and oxygen atoms in total. The number of hydrogen-bond acceptors (Lipinski definition) is 3. The summed E-state index contributed by atoms with van der Waals surface area (Å²) in [5.41, 5.74) is 13.0. The monoisotopic (exact) mass is 929 g/mol. The van der Waals surface area contributed by atoms with Crippen LogP contribution in [0.3, 0.4) is 0 Å². The second-order valence-electron chi connectivity index (χ2n) is 19.4. The summed E-state index contributed by atoms with van der Waals surface area (Å²) in [5, 5.41) is 7.16. The van der Waals surface area contributed by atoms with E-state index in [2.05, 4.69) is 173 Å². The second kappa shape index (κ2) is 16.3. The van der Waals surface area contributed by atoms with Gasteiger partial charge in [-0.1, -0.05) is 134 Å². The van der Waals surface area contributed by atoms with Crippen LogP contribution in [0.5, 0.6) is 0 Å². The topological polar surface area (TPSA) is 38.9 Å². The van der Waals surface area contributed by atoms with Crippen LogP contribution in [0.15, 0.2) is 108 Å². The van der Waals surface area contributed by atoms with Gasteiger partial charge in [-0.3, -0.25) is 0 Å². The molecular weight excluding hydrogens is 873 g/mol. The van der Waals surface area contributed by atoms with Crippen molar-refractivity contribution in [1.82, 2.24) is 9.97 Å². The second-order valence-corrected chi connectivity index (χ2v) is 19.4. The number of pyridine rings is 2. The van der Waals surface area contributed by atoms with Gasteiger partial charge in [0.25, 0.3) is 0 Å². The van der Waals surface area contributed by atoms with Gasteiger partial charge in [0.1, 0.15) is 5.58 Å². The SMILES string of the molecule is Cc1c[c-]c(-c2cc(CC(C)(C)C)c(CC(C)(C)C)cn2)cc1.Cc1cnc(-c2[c-]ccc3c2oc2cc4c(ccc5ccccc54)cc23)cc1CC(C)(C)C.[Ir]. The van der Waals surface area contributed by atoms with Crippen LogP contribution in [0.25, 0.3) is 66.0 Å². The summed E-state index contributed by atoms with van der Waals surface area (Å²) in [5.74, 6) is 0. The Morgan fingerprint density at radius 3 is 1.91 bits per heavy atom. The van der Waals surface area contributed by atoms with Gasteiger partial charge >= 0.3 is 0 Å². The zero-order valence-corrected chi connectivity index (χ0v) is 38.0. The van der Waals surface area contributed by atoms with Gasteiger partial charge in [-0.15, -0.1) is 53.6 Å². The van der Waals surface area contributed by atoms with Gasteiger partial charge in [-0.2, -0.15) is 0 Å². The van der Waals surface area contributed by atoms with Crippen LogP contribution in [-0.2, 0) is 39.4 Å². The summed E-state index contributed by atoms with van der Waals surface area (Å²) in [7, 11) is 0. The maximum Gasteiger partial charge on any atom is 0.121 e. The average molecular weight is 929 g/mol. The van der Waals surface area contributed by atoms with E-state index in [1.54, 1.807) is 0 Å². The van der Waals surface area contributed by atoms with Crippen molar-refractivity contribution < 1.29 is 24.5 Å². The molecule has 8 rings (SSSR count). The normalized spacial score (nSPS) is 12.2. The van der Waals surface area contributed by atoms with E-state index < -0.39 is 0 Å². The van der Waals surface area contributed by atoms with Crippen LogP contribution in [-0.4, -0.2) is 9.97 Å². The summed E-state index contributed by atoms with van der Waals surface area (Å²) < 4.78 is 6.49. The maximum absolute atomic E-state index is 6.49. The van der Waals surface area contributed by atoms with Gasteiger partial charge < -0.3 is 14.4 Å². The Labute approximate surface area is 353 Å². The molecule has 0 spiro atoms. The molecule has 295 valence electrons. The summed E-state index contributed by atoms with van der Waals surface area (Å²) in [6.45, 7) is 24.8. The standard InChI is InChI=1S/C31H26NO.C22H30N.Ir/c1-19-18-32-28(15-22(19)17-31(2,3)4)25-11-7-10-24-27-14-21-13-12-20-8-5-6-9-23(20)26(21)16-29(27)33-30(24)25;1-16-8-10-17(11-9-16)20-12-18(13-21(2,3)4)19(15-23-20)14-22(5,6)7;/h5-10,12-16,18H,17H2,1-4H3;8-10,12,15H,13-14H2,1-7H3;/q2*-1;. The first-order valence-electron chi connectivity index (χ1n) is 20.0. The molecule has 57 heavy (non-hydrogen) atoms. The number of fused-ring (bicyclic) bond motifs is 6. The molecule has 0 unspecified atom stereocenters. The molecule has 4 heteroatoms. The van der Waals surface area contributed by atoms with Gasteiger partial charge in [0.15, 0.2) is 0 Å². The number of aryl methyl sites for hydroxylation is 2. The molecule has 0 saturated carbocycles. The van der Waals surface area contributed by atoms with Crippen molar-refractivity contribution in [3.63, 3.8) is 0 Å². The Kier molecular flexibility index (Phi) is 12.0. The van der Waals surface area contributed by atoms with E-state index in [1.807, 2.05) is 18.3 Å². The summed E-state index contributed by atoms with van der Waals surface area (Å²) in [6.07, 6.45) is 7.19. The molecule has 0 N–H and O–H groups in total. The third kappa shape index (κ3) is 9.92. The maximum atomic E-state index is 6.49. The fourth-order valence-corrected chi connectivity index (χ4v) is 7.70. The van der Waals surface area contributed by atoms with Crippen molar-refractivity contribution in [2.45, 2.75) is 95.4 Å². The van der Waals surface area contributed by atoms with Gasteiger partial charge in [-0.05, 0) is 104 Å². The van der Waals surface area contributed by atoms with Crippen molar-refractivity contribution in [1.29, 1.82) is 0 Å². The minimum Gasteiger partial charge on any atom is -0.501 e. The quantitative estimate of drug-likeness (QED) is 0.128. The third-order valence-electron chi connectivity index (χ3n) is 10.3. The number of furan rings is 1. The van der Waals surface area contributed by atoms with Crippen LogP contribution in [0.1, 0.15) is 90.1 Å². The fraction of sp³-hybridized carbons (Fsp3) is 0.321. The van der Waals surface area contributed by atoms with Crippen LogP contribution >= 0.6 is 0 Å². The number of nitrogens with zero attached hydrogens (tertiary/aromatic N) is 2. The molecule has 0 bridgehead atoms. The Bertz CT molecular complexity index is 2680. The first-order valence-corrected chi connectivity index (χ1v) is 20.0. The molecular formula is C53H56IrN2O-2. The largest absolute Gasteiger partial charge is 0.501 e. The van der Waals surface area contributed by atoms with Crippen molar-refractivity contribution in [3.8, 4) is 22.5 Å². The van der Waals surface area contributed by atoms with E-state index in [9.17, 15) is 0 Å². The third-order valence-corrected chi connectivity index (χ3v) is 10.3. The Morgan fingerprint density at radius 1 is 0.561 bits per heavy atom. The van der Waals surface area contributed by atoms with Crippen molar-refractivity contribution in [3.05, 3.63) is 143 Å². The minimum atomic E-state index is 0. The smallest absolute Gasteiger partial charge is 0.121 e. The Hall–Kier alpha value is -4.63. The van der Waals surface area contributed by atoms with Crippen LogP contribution in [0, 0.1) is 42.2 Å². The summed E-state index contributed by atoms with van der Waals surface area (Å²) in [6, 6.07) is 38.9. The Balaban J connectivity index is 0.000000203. The number of benzene rings is 5. The Morgan fingerprint density at radius 2 is 1.21 bits per heavy atom. The van der Waals surface area contributed by atoms with Gasteiger partial charge in [0, 0.05) is 37.9 Å². The number of aromatic nitrogens is 2. The molecule has 0 atom stereocenters. The van der Waals surface area contributed by atoms with Crippen molar-refractivity contribution in [2.24, 2.45) is 16.2 Å². The average Bonchev–Trinajstić information content (AvgIpc) is 3.49. The predicted octanol–water partition coefficient (Wildman–Crippen LogP) is 14.7. The zero-order chi connectivity index (χ0) is 40.0. The van der Waals surface area contributed by atoms with Crippen LogP contribution in [0.2, 0.25) is 0 Å². The molecule has 0 amide bonds. The predicted molar refractivity (Wildman–Crippen MR) is 238 cm³/mol. The van der Waals surface area contributed by atoms with Crippen molar-refractivity contribution >= 4 is 43.5 Å². The molecule has 8 aromatic rings. The molecule has 0 saturated heterocycles. The van der Waals surface area contributed by atoms with Gasteiger partial charge in [-0.25, -0.2) is 0 Å². The van der Waals surface area contributed by atoms with Crippen LogP contribution in [0.4, 0.5) is 0 Å². The van der Waals surface area contributed by atoms with Crippen LogP contribution < -0.4 is 0 Å². The molecule has 0 aliphatic heterocycles. The van der Waals surface area contributed by atoms with Crippen molar-refractivity contribution in [2.75, 3.05) is 0 Å². The van der Waals surface area contributed by atoms with E-state index in [-0.39, 0.29) is 36.4 Å². The first-order chi connectivity index (χ1) is 26.4. The van der Waals surface area contributed by atoms with E-state index >= 15 is 0 Å². The summed E-state index contributed by atoms with van der Waals surface area (Å²) in [4.78, 5) is 9.49. The molecule has 5 aromatic carbocycles. The molecule has 3 aromatic heterocycles. The molecule has 0 fully saturated rings. The van der Waals surface area contributed by atoms with E-state index in [4.69, 9.17) is 14.4 Å². The van der Waals surface area contributed by atoms with E-state index in [1.165, 1.54) is 49.4 Å². The molecule has 1 radical (unpaired) electrons. The molecule has 3 heterocycles. The number of hydrogen-bond donors (Lipinski definition) is 0. The zero-order valence-electron chi connectivity index (χ0n) is 35.6. The van der Waals surface area contributed by atoms with Gasteiger partial charge in [0.05, 0.1) is 5.58 Å². The first kappa shape index (κ1) is 42.0. The summed E-state index contributed by atoms with van der Waals surface area (Å²) >= 11 is 0.